The first-order chi connectivity index (χ1) is 11.5. The van der Waals surface area contributed by atoms with Gasteiger partial charge in [-0.3, -0.25) is 4.79 Å². The standard InChI is InChI=1S/C21H24N2O/c1-16-15-21(2,3)23(19-12-8-7-11-18(19)22-16)20(24)14-13-17-9-5-4-6-10-17/h4-14,16,22H,15H2,1-3H3/b14-13+. The van der Waals surface area contributed by atoms with Crippen LogP contribution in [0.1, 0.15) is 32.8 Å². The van der Waals surface area contributed by atoms with Crippen molar-refractivity contribution in [3.05, 3.63) is 66.2 Å². The molecule has 0 saturated heterocycles. The molecule has 1 unspecified atom stereocenters. The Morgan fingerprint density at radius 1 is 1.12 bits per heavy atom. The monoisotopic (exact) mass is 320 g/mol. The highest BCUT2D eigenvalue weighted by molar-refractivity contribution is 6.06. The summed E-state index contributed by atoms with van der Waals surface area (Å²) < 4.78 is 0. The Morgan fingerprint density at radius 3 is 2.54 bits per heavy atom. The molecule has 124 valence electrons. The van der Waals surface area contributed by atoms with Crippen LogP contribution >= 0.6 is 0 Å². The van der Waals surface area contributed by atoms with Crippen LogP contribution in [0.3, 0.4) is 0 Å². The number of rotatable bonds is 2. The average Bonchev–Trinajstić information content (AvgIpc) is 2.65. The molecule has 3 nitrogen and oxygen atoms in total. The van der Waals surface area contributed by atoms with Crippen molar-refractivity contribution < 1.29 is 4.79 Å². The van der Waals surface area contributed by atoms with E-state index in [1.807, 2.05) is 65.6 Å². The lowest BCUT2D eigenvalue weighted by Gasteiger charge is -2.37. The molecule has 0 saturated carbocycles. The van der Waals surface area contributed by atoms with Crippen LogP contribution < -0.4 is 10.2 Å². The second kappa shape index (κ2) is 6.52. The molecule has 0 aliphatic carbocycles. The highest BCUT2D eigenvalue weighted by Crippen LogP contribution is 2.37. The summed E-state index contributed by atoms with van der Waals surface area (Å²) in [6.07, 6.45) is 4.43. The Balaban J connectivity index is 1.97. The Hall–Kier alpha value is -2.55. The fraction of sp³-hybridized carbons (Fsp3) is 0.286. The van der Waals surface area contributed by atoms with Crippen LogP contribution in [0.5, 0.6) is 0 Å². The van der Waals surface area contributed by atoms with Gasteiger partial charge in [-0.1, -0.05) is 42.5 Å². The molecule has 0 spiro atoms. The number of benzene rings is 2. The number of fused-ring (bicyclic) bond motifs is 1. The topological polar surface area (TPSA) is 32.3 Å². The van der Waals surface area contributed by atoms with Crippen molar-refractivity contribution in [1.29, 1.82) is 0 Å². The van der Waals surface area contributed by atoms with E-state index >= 15 is 0 Å². The van der Waals surface area contributed by atoms with Crippen molar-refractivity contribution in [2.75, 3.05) is 10.2 Å². The Labute approximate surface area is 144 Å². The molecule has 2 aromatic rings. The molecule has 1 N–H and O–H groups in total. The van der Waals surface area contributed by atoms with E-state index in [4.69, 9.17) is 0 Å². The van der Waals surface area contributed by atoms with Crippen LogP contribution in [0.2, 0.25) is 0 Å². The van der Waals surface area contributed by atoms with E-state index in [-0.39, 0.29) is 11.4 Å². The van der Waals surface area contributed by atoms with Crippen molar-refractivity contribution in [2.45, 2.75) is 38.8 Å². The van der Waals surface area contributed by atoms with E-state index in [1.165, 1.54) is 0 Å². The summed E-state index contributed by atoms with van der Waals surface area (Å²) in [6.45, 7) is 6.41. The number of carbonyl (C=O) groups is 1. The number of nitrogens with zero attached hydrogens (tertiary/aromatic N) is 1. The predicted octanol–water partition coefficient (Wildman–Crippen LogP) is 4.72. The third-order valence-corrected chi connectivity index (χ3v) is 4.40. The fourth-order valence-corrected chi connectivity index (χ4v) is 3.50. The third-order valence-electron chi connectivity index (χ3n) is 4.40. The van der Waals surface area contributed by atoms with E-state index in [2.05, 4.69) is 26.1 Å². The second-order valence-corrected chi connectivity index (χ2v) is 7.00. The minimum Gasteiger partial charge on any atom is -0.381 e. The zero-order valence-corrected chi connectivity index (χ0v) is 14.5. The van der Waals surface area contributed by atoms with Gasteiger partial charge in [-0.05, 0) is 51.0 Å². The molecule has 0 bridgehead atoms. The van der Waals surface area contributed by atoms with Gasteiger partial charge in [-0.2, -0.15) is 0 Å². The lowest BCUT2D eigenvalue weighted by atomic mass is 9.94. The summed E-state index contributed by atoms with van der Waals surface area (Å²) in [7, 11) is 0. The molecule has 0 aromatic heterocycles. The smallest absolute Gasteiger partial charge is 0.251 e. The lowest BCUT2D eigenvalue weighted by molar-refractivity contribution is -0.115. The molecule has 1 atom stereocenters. The van der Waals surface area contributed by atoms with E-state index < -0.39 is 0 Å². The first-order valence-corrected chi connectivity index (χ1v) is 8.40. The number of anilines is 2. The third kappa shape index (κ3) is 3.35. The number of hydrogen-bond donors (Lipinski definition) is 1. The van der Waals surface area contributed by atoms with Gasteiger partial charge < -0.3 is 10.2 Å². The molecule has 1 aliphatic rings. The number of carbonyl (C=O) groups excluding carboxylic acids is 1. The van der Waals surface area contributed by atoms with E-state index in [0.717, 1.165) is 23.4 Å². The molecule has 2 aromatic carbocycles. The fourth-order valence-electron chi connectivity index (χ4n) is 3.50. The molecule has 3 heteroatoms. The summed E-state index contributed by atoms with van der Waals surface area (Å²) >= 11 is 0. The summed E-state index contributed by atoms with van der Waals surface area (Å²) in [5.74, 6) is 0.00667. The zero-order chi connectivity index (χ0) is 17.2. The van der Waals surface area contributed by atoms with Gasteiger partial charge in [0.1, 0.15) is 0 Å². The van der Waals surface area contributed by atoms with Crippen molar-refractivity contribution in [3.63, 3.8) is 0 Å². The average molecular weight is 320 g/mol. The van der Waals surface area contributed by atoms with Gasteiger partial charge in [0, 0.05) is 17.7 Å². The molecular weight excluding hydrogens is 296 g/mol. The lowest BCUT2D eigenvalue weighted by Crippen LogP contribution is -2.48. The minimum atomic E-state index is -0.267. The molecule has 1 aliphatic heterocycles. The van der Waals surface area contributed by atoms with Gasteiger partial charge in [0.15, 0.2) is 0 Å². The van der Waals surface area contributed by atoms with Gasteiger partial charge in [0.25, 0.3) is 5.91 Å². The van der Waals surface area contributed by atoms with Crippen molar-refractivity contribution in [1.82, 2.24) is 0 Å². The molecule has 24 heavy (non-hydrogen) atoms. The maximum absolute atomic E-state index is 13.0. The molecule has 1 heterocycles. The molecule has 1 amide bonds. The predicted molar refractivity (Wildman–Crippen MR) is 101 cm³/mol. The number of para-hydroxylation sites is 2. The maximum atomic E-state index is 13.0. The number of nitrogens with one attached hydrogen (secondary N) is 1. The van der Waals surface area contributed by atoms with Crippen molar-refractivity contribution in [3.8, 4) is 0 Å². The Morgan fingerprint density at radius 2 is 1.79 bits per heavy atom. The van der Waals surface area contributed by atoms with Gasteiger partial charge >= 0.3 is 0 Å². The largest absolute Gasteiger partial charge is 0.381 e. The molecular formula is C21H24N2O. The number of hydrogen-bond acceptors (Lipinski definition) is 2. The highest BCUT2D eigenvalue weighted by atomic mass is 16.2. The molecule has 0 radical (unpaired) electrons. The van der Waals surface area contributed by atoms with Crippen LogP contribution in [0.25, 0.3) is 6.08 Å². The van der Waals surface area contributed by atoms with Crippen LogP contribution in [-0.4, -0.2) is 17.5 Å². The normalized spacial score (nSPS) is 19.5. The van der Waals surface area contributed by atoms with E-state index in [0.29, 0.717) is 6.04 Å². The molecule has 0 fully saturated rings. The van der Waals surface area contributed by atoms with Crippen LogP contribution in [0, 0.1) is 0 Å². The van der Waals surface area contributed by atoms with Crippen molar-refractivity contribution in [2.24, 2.45) is 0 Å². The van der Waals surface area contributed by atoms with Gasteiger partial charge in [0.05, 0.1) is 11.4 Å². The first-order valence-electron chi connectivity index (χ1n) is 8.40. The summed E-state index contributed by atoms with van der Waals surface area (Å²) in [5.41, 5.74) is 2.71. The quantitative estimate of drug-likeness (QED) is 0.812. The zero-order valence-electron chi connectivity index (χ0n) is 14.5. The maximum Gasteiger partial charge on any atom is 0.251 e. The van der Waals surface area contributed by atoms with E-state index in [1.54, 1.807) is 6.08 Å². The summed E-state index contributed by atoms with van der Waals surface area (Å²) in [4.78, 5) is 14.9. The van der Waals surface area contributed by atoms with Gasteiger partial charge in [-0.15, -0.1) is 0 Å². The first kappa shape index (κ1) is 16.3. The minimum absolute atomic E-state index is 0.00667. The Kier molecular flexibility index (Phi) is 4.43. The van der Waals surface area contributed by atoms with E-state index in [9.17, 15) is 4.79 Å². The van der Waals surface area contributed by atoms with Crippen LogP contribution in [0.15, 0.2) is 60.7 Å². The second-order valence-electron chi connectivity index (χ2n) is 7.00. The van der Waals surface area contributed by atoms with Crippen LogP contribution in [0.4, 0.5) is 11.4 Å². The highest BCUT2D eigenvalue weighted by Gasteiger charge is 2.36. The molecule has 3 rings (SSSR count). The van der Waals surface area contributed by atoms with Crippen molar-refractivity contribution >= 4 is 23.4 Å². The Bertz CT molecular complexity index is 749. The summed E-state index contributed by atoms with van der Waals surface area (Å²) in [6, 6.07) is 18.2. The SMILES string of the molecule is CC1CC(C)(C)N(C(=O)/C=C/c2ccccc2)c2ccccc2N1. The summed E-state index contributed by atoms with van der Waals surface area (Å²) in [5, 5.41) is 3.52. The van der Waals surface area contributed by atoms with Gasteiger partial charge in [0.2, 0.25) is 0 Å². The number of amides is 1. The van der Waals surface area contributed by atoms with Crippen LogP contribution in [-0.2, 0) is 4.79 Å². The van der Waals surface area contributed by atoms with Gasteiger partial charge in [-0.25, -0.2) is 0 Å².